The number of nitrogens with zero attached hydrogens (tertiary/aromatic N) is 1. The first-order valence-corrected chi connectivity index (χ1v) is 8.51. The molecule has 0 fully saturated rings. The Morgan fingerprint density at radius 2 is 1.79 bits per heavy atom. The van der Waals surface area contributed by atoms with Gasteiger partial charge in [0, 0.05) is 11.1 Å². The van der Waals surface area contributed by atoms with Crippen LogP contribution in [0, 0.1) is 0 Å². The Kier molecular flexibility index (Phi) is 5.44. The van der Waals surface area contributed by atoms with E-state index in [1.165, 1.54) is 29.5 Å². The fourth-order valence-corrected chi connectivity index (χ4v) is 3.14. The molecule has 1 N–H and O–H groups in total. The normalized spacial score (nSPS) is 14.2. The van der Waals surface area contributed by atoms with Crippen LogP contribution in [-0.4, -0.2) is 26.4 Å². The lowest BCUT2D eigenvalue weighted by Crippen LogP contribution is -2.06. The molecular weight excluding hydrogens is 296 g/mol. The van der Waals surface area contributed by atoms with Gasteiger partial charge in [0.2, 0.25) is 0 Å². The Hall–Kier alpha value is -2.39. The standard InChI is InChI=1S/C21H24N2O/c1-22-14-8-4-3-5-9-16-12-13-18-17-10-6-7-11-19(17)21(23-24-2)20(18)15-16/h5-7,9-13,15,22H,3-4,8,14H2,1-2H3/b9-5+,23-21-. The number of benzene rings is 2. The van der Waals surface area contributed by atoms with Gasteiger partial charge in [0.25, 0.3) is 0 Å². The minimum atomic E-state index is 0.923. The van der Waals surface area contributed by atoms with Gasteiger partial charge in [-0.25, -0.2) is 0 Å². The van der Waals surface area contributed by atoms with Crippen LogP contribution in [0.3, 0.4) is 0 Å². The summed E-state index contributed by atoms with van der Waals surface area (Å²) in [4.78, 5) is 5.08. The van der Waals surface area contributed by atoms with E-state index in [0.29, 0.717) is 0 Å². The van der Waals surface area contributed by atoms with E-state index in [2.05, 4.69) is 59.0 Å². The van der Waals surface area contributed by atoms with Gasteiger partial charge in [0.15, 0.2) is 0 Å². The van der Waals surface area contributed by atoms with Crippen LogP contribution >= 0.6 is 0 Å². The van der Waals surface area contributed by atoms with Crippen molar-refractivity contribution in [2.75, 3.05) is 20.7 Å². The van der Waals surface area contributed by atoms with E-state index in [1.54, 1.807) is 7.11 Å². The highest BCUT2D eigenvalue weighted by Gasteiger charge is 2.25. The zero-order valence-corrected chi connectivity index (χ0v) is 14.4. The van der Waals surface area contributed by atoms with E-state index in [1.807, 2.05) is 13.1 Å². The molecule has 3 heteroatoms. The van der Waals surface area contributed by atoms with E-state index < -0.39 is 0 Å². The molecule has 0 spiro atoms. The molecule has 0 amide bonds. The maximum Gasteiger partial charge on any atom is 0.118 e. The third-order valence-electron chi connectivity index (χ3n) is 4.31. The minimum Gasteiger partial charge on any atom is -0.399 e. The minimum absolute atomic E-state index is 0.923. The number of fused-ring (bicyclic) bond motifs is 3. The van der Waals surface area contributed by atoms with Crippen molar-refractivity contribution in [3.63, 3.8) is 0 Å². The molecule has 2 aromatic rings. The van der Waals surface area contributed by atoms with Gasteiger partial charge in [-0.15, -0.1) is 0 Å². The number of unbranched alkanes of at least 4 members (excludes halogenated alkanes) is 2. The topological polar surface area (TPSA) is 33.6 Å². The lowest BCUT2D eigenvalue weighted by molar-refractivity contribution is 0.214. The predicted molar refractivity (Wildman–Crippen MR) is 101 cm³/mol. The van der Waals surface area contributed by atoms with Crippen LogP contribution in [0.2, 0.25) is 0 Å². The summed E-state index contributed by atoms with van der Waals surface area (Å²) in [6.45, 7) is 1.09. The highest BCUT2D eigenvalue weighted by atomic mass is 16.6. The summed E-state index contributed by atoms with van der Waals surface area (Å²) in [5.74, 6) is 0. The highest BCUT2D eigenvalue weighted by Crippen LogP contribution is 2.37. The molecule has 24 heavy (non-hydrogen) atoms. The number of allylic oxidation sites excluding steroid dienone is 1. The first-order chi connectivity index (χ1) is 11.8. The largest absolute Gasteiger partial charge is 0.399 e. The van der Waals surface area contributed by atoms with Crippen molar-refractivity contribution >= 4 is 11.8 Å². The summed E-state index contributed by atoms with van der Waals surface area (Å²) in [5, 5.41) is 7.44. The summed E-state index contributed by atoms with van der Waals surface area (Å²) < 4.78 is 0. The summed E-state index contributed by atoms with van der Waals surface area (Å²) in [7, 11) is 3.60. The van der Waals surface area contributed by atoms with Crippen LogP contribution in [0.4, 0.5) is 0 Å². The molecule has 2 aromatic carbocycles. The lowest BCUT2D eigenvalue weighted by Gasteiger charge is -2.03. The van der Waals surface area contributed by atoms with Crippen LogP contribution in [0.1, 0.15) is 36.0 Å². The molecule has 0 unspecified atom stereocenters. The molecule has 0 radical (unpaired) electrons. The average molecular weight is 320 g/mol. The lowest BCUT2D eigenvalue weighted by atomic mass is 10.0. The molecule has 0 saturated heterocycles. The van der Waals surface area contributed by atoms with E-state index >= 15 is 0 Å². The zero-order valence-electron chi connectivity index (χ0n) is 14.4. The second-order valence-electron chi connectivity index (χ2n) is 5.97. The van der Waals surface area contributed by atoms with Crippen molar-refractivity contribution in [3.8, 4) is 11.1 Å². The van der Waals surface area contributed by atoms with E-state index in [-0.39, 0.29) is 0 Å². The van der Waals surface area contributed by atoms with Gasteiger partial charge < -0.3 is 10.2 Å². The monoisotopic (exact) mass is 320 g/mol. The third kappa shape index (κ3) is 3.41. The second-order valence-corrected chi connectivity index (χ2v) is 5.97. The van der Waals surface area contributed by atoms with E-state index in [0.717, 1.165) is 29.8 Å². The van der Waals surface area contributed by atoms with E-state index in [4.69, 9.17) is 4.84 Å². The van der Waals surface area contributed by atoms with Crippen LogP contribution in [0.15, 0.2) is 53.7 Å². The van der Waals surface area contributed by atoms with Crippen LogP contribution in [0.25, 0.3) is 17.2 Å². The Labute approximate surface area is 144 Å². The molecule has 0 aliphatic heterocycles. The highest BCUT2D eigenvalue weighted by molar-refractivity contribution is 6.24. The van der Waals surface area contributed by atoms with Crippen molar-refractivity contribution in [2.24, 2.45) is 5.16 Å². The summed E-state index contributed by atoms with van der Waals surface area (Å²) in [6.07, 6.45) is 7.99. The number of hydrogen-bond acceptors (Lipinski definition) is 3. The van der Waals surface area contributed by atoms with Gasteiger partial charge >= 0.3 is 0 Å². The number of hydrogen-bond donors (Lipinski definition) is 1. The number of oxime groups is 1. The second kappa shape index (κ2) is 7.93. The van der Waals surface area contributed by atoms with Crippen LogP contribution < -0.4 is 5.32 Å². The summed E-state index contributed by atoms with van der Waals surface area (Å²) in [5.41, 5.74) is 6.88. The molecule has 0 aromatic heterocycles. The Morgan fingerprint density at radius 3 is 2.58 bits per heavy atom. The molecule has 124 valence electrons. The fraction of sp³-hybridized carbons (Fsp3) is 0.286. The number of rotatable bonds is 7. The van der Waals surface area contributed by atoms with Crippen molar-refractivity contribution < 1.29 is 4.84 Å². The molecule has 0 saturated carbocycles. The molecule has 1 aliphatic carbocycles. The van der Waals surface area contributed by atoms with E-state index in [9.17, 15) is 0 Å². The third-order valence-corrected chi connectivity index (χ3v) is 4.31. The first-order valence-electron chi connectivity index (χ1n) is 8.51. The Morgan fingerprint density at radius 1 is 1.00 bits per heavy atom. The molecule has 0 heterocycles. The van der Waals surface area contributed by atoms with Gasteiger partial charge in [-0.3, -0.25) is 0 Å². The van der Waals surface area contributed by atoms with Gasteiger partial charge in [-0.05, 0) is 55.6 Å². The SMILES string of the molecule is CNCCCC/C=C/c1ccc2c(c1)/C(=N\OC)c1ccccc1-2. The van der Waals surface area contributed by atoms with Gasteiger partial charge in [-0.1, -0.05) is 53.7 Å². The van der Waals surface area contributed by atoms with Crippen molar-refractivity contribution in [1.29, 1.82) is 0 Å². The maximum atomic E-state index is 5.08. The Bertz CT molecular complexity index is 762. The van der Waals surface area contributed by atoms with Crippen molar-refractivity contribution in [3.05, 3.63) is 65.2 Å². The number of nitrogens with one attached hydrogen (secondary N) is 1. The van der Waals surface area contributed by atoms with Crippen molar-refractivity contribution in [2.45, 2.75) is 19.3 Å². The maximum absolute atomic E-state index is 5.08. The van der Waals surface area contributed by atoms with Crippen LogP contribution in [-0.2, 0) is 4.84 Å². The summed E-state index contributed by atoms with van der Waals surface area (Å²) >= 11 is 0. The van der Waals surface area contributed by atoms with Gasteiger partial charge in [0.1, 0.15) is 12.8 Å². The Balaban J connectivity index is 1.81. The molecular formula is C21H24N2O. The summed E-state index contributed by atoms with van der Waals surface area (Å²) in [6, 6.07) is 14.9. The molecule has 1 aliphatic rings. The molecule has 3 nitrogen and oxygen atoms in total. The zero-order chi connectivity index (χ0) is 16.8. The molecule has 0 atom stereocenters. The first kappa shape index (κ1) is 16.5. The molecule has 3 rings (SSSR count). The average Bonchev–Trinajstić information content (AvgIpc) is 2.92. The van der Waals surface area contributed by atoms with Crippen molar-refractivity contribution in [1.82, 2.24) is 5.32 Å². The smallest absolute Gasteiger partial charge is 0.118 e. The van der Waals surface area contributed by atoms with Gasteiger partial charge in [-0.2, -0.15) is 0 Å². The van der Waals surface area contributed by atoms with Gasteiger partial charge in [0.05, 0.1) is 0 Å². The predicted octanol–water partition coefficient (Wildman–Crippen LogP) is 4.47. The molecule has 0 bridgehead atoms. The fourth-order valence-electron chi connectivity index (χ4n) is 3.14. The quantitative estimate of drug-likeness (QED) is 0.515. The van der Waals surface area contributed by atoms with Crippen LogP contribution in [0.5, 0.6) is 0 Å².